The monoisotopic (exact) mass is 291 g/mol. The fraction of sp³-hybridized carbons (Fsp3) is 0. The van der Waals surface area contributed by atoms with Crippen LogP contribution in [0.4, 0.5) is 4.39 Å². The number of hydrogen-bond acceptors (Lipinski definition) is 1. The molecular weight excluding hydrogens is 287 g/mol. The summed E-state index contributed by atoms with van der Waals surface area (Å²) in [7, 11) is 0. The molecule has 1 aromatic carbocycles. The number of benzene rings is 1. The maximum absolute atomic E-state index is 13.6. The molecule has 2 rings (SSSR count). The highest BCUT2D eigenvalue weighted by molar-refractivity contribution is 6.48. The molecule has 2 aromatic rings. The molecule has 0 amide bonds. The predicted molar refractivity (Wildman–Crippen MR) is 67.5 cm³/mol. The number of nitrogens with one attached hydrogen (secondary N) is 1. The Kier molecular flexibility index (Phi) is 3.43. The summed E-state index contributed by atoms with van der Waals surface area (Å²) in [6.45, 7) is 0. The summed E-state index contributed by atoms with van der Waals surface area (Å²) in [5.74, 6) is -0.887. The second-order valence-corrected chi connectivity index (χ2v) is 4.48. The molecule has 1 aromatic heterocycles. The van der Waals surface area contributed by atoms with Crippen molar-refractivity contribution in [1.29, 1.82) is 0 Å². The van der Waals surface area contributed by atoms with E-state index in [0.717, 1.165) is 0 Å². The van der Waals surface area contributed by atoms with Crippen LogP contribution in [0.1, 0.15) is 0 Å². The average molecular weight is 293 g/mol. The van der Waals surface area contributed by atoms with Crippen LogP contribution in [0.15, 0.2) is 29.2 Å². The van der Waals surface area contributed by atoms with Gasteiger partial charge in [0.2, 0.25) is 0 Å². The average Bonchev–Trinajstić information content (AvgIpc) is 2.29. The standard InChI is InChI=1S/C11H5Cl3FNO/c12-7-3-5(4-8(13)9(7)14)6-1-2-16-11(17)10(6)15/h1-4H,(H,16,17). The van der Waals surface area contributed by atoms with Crippen molar-refractivity contribution in [2.24, 2.45) is 0 Å². The van der Waals surface area contributed by atoms with E-state index in [1.807, 2.05) is 0 Å². The fourth-order valence-electron chi connectivity index (χ4n) is 1.39. The van der Waals surface area contributed by atoms with Crippen LogP contribution in [0.2, 0.25) is 15.1 Å². The molecule has 0 aliphatic carbocycles. The van der Waals surface area contributed by atoms with Crippen LogP contribution in [0.5, 0.6) is 0 Å². The number of halogens is 4. The van der Waals surface area contributed by atoms with Gasteiger partial charge in [0.15, 0.2) is 5.82 Å². The minimum Gasteiger partial charge on any atom is -0.327 e. The third kappa shape index (κ3) is 2.32. The van der Waals surface area contributed by atoms with Gasteiger partial charge < -0.3 is 4.98 Å². The van der Waals surface area contributed by atoms with Gasteiger partial charge >= 0.3 is 0 Å². The summed E-state index contributed by atoms with van der Waals surface area (Å²) >= 11 is 17.5. The molecule has 0 atom stereocenters. The maximum atomic E-state index is 13.6. The first kappa shape index (κ1) is 12.4. The van der Waals surface area contributed by atoms with Crippen molar-refractivity contribution in [2.75, 3.05) is 0 Å². The summed E-state index contributed by atoms with van der Waals surface area (Å²) < 4.78 is 13.6. The smallest absolute Gasteiger partial charge is 0.284 e. The van der Waals surface area contributed by atoms with E-state index in [0.29, 0.717) is 5.56 Å². The van der Waals surface area contributed by atoms with Gasteiger partial charge in [-0.1, -0.05) is 34.8 Å². The second-order valence-electron chi connectivity index (χ2n) is 3.29. The molecule has 0 radical (unpaired) electrons. The van der Waals surface area contributed by atoms with Crippen molar-refractivity contribution in [2.45, 2.75) is 0 Å². The lowest BCUT2D eigenvalue weighted by molar-refractivity contribution is 0.612. The van der Waals surface area contributed by atoms with Crippen LogP contribution in [0, 0.1) is 5.82 Å². The number of hydrogen-bond donors (Lipinski definition) is 1. The quantitative estimate of drug-likeness (QED) is 0.787. The lowest BCUT2D eigenvalue weighted by Gasteiger charge is -2.06. The number of H-pyrrole nitrogens is 1. The van der Waals surface area contributed by atoms with Crippen LogP contribution in [-0.2, 0) is 0 Å². The lowest BCUT2D eigenvalue weighted by Crippen LogP contribution is -2.10. The Morgan fingerprint density at radius 3 is 2.29 bits per heavy atom. The normalized spacial score (nSPS) is 10.6. The molecule has 17 heavy (non-hydrogen) atoms. The van der Waals surface area contributed by atoms with Gasteiger partial charge in [0, 0.05) is 11.8 Å². The van der Waals surface area contributed by atoms with E-state index in [2.05, 4.69) is 4.98 Å². The molecule has 1 heterocycles. The van der Waals surface area contributed by atoms with E-state index in [1.165, 1.54) is 24.4 Å². The Hall–Kier alpha value is -1.03. The minimum atomic E-state index is -0.887. The van der Waals surface area contributed by atoms with Gasteiger partial charge in [-0.3, -0.25) is 4.79 Å². The van der Waals surface area contributed by atoms with Crippen LogP contribution in [0.3, 0.4) is 0 Å². The van der Waals surface area contributed by atoms with E-state index in [-0.39, 0.29) is 20.6 Å². The largest absolute Gasteiger partial charge is 0.327 e. The molecule has 6 heteroatoms. The SMILES string of the molecule is O=c1[nH]ccc(-c2cc(Cl)c(Cl)c(Cl)c2)c1F. The molecule has 1 N–H and O–H groups in total. The molecular formula is C11H5Cl3FNO. The van der Waals surface area contributed by atoms with E-state index in [1.54, 1.807) is 0 Å². The molecule has 0 aliphatic heterocycles. The van der Waals surface area contributed by atoms with Crippen molar-refractivity contribution in [1.82, 2.24) is 4.98 Å². The molecule has 0 saturated carbocycles. The van der Waals surface area contributed by atoms with Crippen molar-refractivity contribution in [3.05, 3.63) is 55.6 Å². The highest BCUT2D eigenvalue weighted by atomic mass is 35.5. The van der Waals surface area contributed by atoms with Gasteiger partial charge in [0.1, 0.15) is 0 Å². The van der Waals surface area contributed by atoms with Gasteiger partial charge in [-0.25, -0.2) is 4.39 Å². The first-order valence-corrected chi connectivity index (χ1v) is 5.66. The van der Waals surface area contributed by atoms with Gasteiger partial charge in [-0.15, -0.1) is 0 Å². The van der Waals surface area contributed by atoms with Crippen molar-refractivity contribution in [3.63, 3.8) is 0 Å². The van der Waals surface area contributed by atoms with E-state index in [9.17, 15) is 9.18 Å². The highest BCUT2D eigenvalue weighted by Gasteiger charge is 2.12. The summed E-state index contributed by atoms with van der Waals surface area (Å²) in [4.78, 5) is 13.4. The molecule has 0 bridgehead atoms. The lowest BCUT2D eigenvalue weighted by atomic mass is 10.1. The Balaban J connectivity index is 2.69. The Labute approximate surface area is 111 Å². The van der Waals surface area contributed by atoms with E-state index >= 15 is 0 Å². The third-order valence-corrected chi connectivity index (χ3v) is 3.39. The van der Waals surface area contributed by atoms with Crippen LogP contribution >= 0.6 is 34.8 Å². The summed E-state index contributed by atoms with van der Waals surface area (Å²) in [6.07, 6.45) is 1.34. The number of aromatic amines is 1. The Bertz CT molecular complexity index is 616. The Morgan fingerprint density at radius 1 is 1.12 bits per heavy atom. The number of aromatic nitrogens is 1. The third-order valence-electron chi connectivity index (χ3n) is 2.20. The minimum absolute atomic E-state index is 0.120. The Morgan fingerprint density at radius 2 is 1.71 bits per heavy atom. The molecule has 0 aliphatic rings. The zero-order chi connectivity index (χ0) is 12.6. The summed E-state index contributed by atoms with van der Waals surface area (Å²) in [6, 6.07) is 4.33. The first-order valence-electron chi connectivity index (χ1n) is 4.53. The number of rotatable bonds is 1. The van der Waals surface area contributed by atoms with Crippen LogP contribution < -0.4 is 5.56 Å². The molecule has 88 valence electrons. The van der Waals surface area contributed by atoms with Gasteiger partial charge in [-0.2, -0.15) is 0 Å². The van der Waals surface area contributed by atoms with Crippen molar-refractivity contribution >= 4 is 34.8 Å². The number of pyridine rings is 1. The van der Waals surface area contributed by atoms with Gasteiger partial charge in [0.05, 0.1) is 15.1 Å². The predicted octanol–water partition coefficient (Wildman–Crippen LogP) is 4.14. The van der Waals surface area contributed by atoms with Crippen LogP contribution in [0.25, 0.3) is 11.1 Å². The zero-order valence-electron chi connectivity index (χ0n) is 8.23. The zero-order valence-corrected chi connectivity index (χ0v) is 10.5. The second kappa shape index (κ2) is 4.69. The van der Waals surface area contributed by atoms with Crippen molar-refractivity contribution < 1.29 is 4.39 Å². The van der Waals surface area contributed by atoms with Crippen molar-refractivity contribution in [3.8, 4) is 11.1 Å². The fourth-order valence-corrected chi connectivity index (χ4v) is 1.99. The molecule has 0 fully saturated rings. The molecule has 0 saturated heterocycles. The summed E-state index contributed by atoms with van der Waals surface area (Å²) in [5, 5.41) is 0.602. The molecule has 2 nitrogen and oxygen atoms in total. The molecule has 0 spiro atoms. The first-order chi connectivity index (χ1) is 8.00. The van der Waals surface area contributed by atoms with Gasteiger partial charge in [-0.05, 0) is 23.8 Å². The maximum Gasteiger partial charge on any atom is 0.284 e. The van der Waals surface area contributed by atoms with Gasteiger partial charge in [0.25, 0.3) is 5.56 Å². The molecule has 0 unspecified atom stereocenters. The van der Waals surface area contributed by atoms with E-state index < -0.39 is 11.4 Å². The topological polar surface area (TPSA) is 32.9 Å². The van der Waals surface area contributed by atoms with Crippen LogP contribution in [-0.4, -0.2) is 4.98 Å². The highest BCUT2D eigenvalue weighted by Crippen LogP contribution is 2.35. The van der Waals surface area contributed by atoms with E-state index in [4.69, 9.17) is 34.8 Å². The summed E-state index contributed by atoms with van der Waals surface area (Å²) in [5.41, 5.74) is -0.285.